The third-order valence-corrected chi connectivity index (χ3v) is 6.76. The van der Waals surface area contributed by atoms with E-state index in [9.17, 15) is 13.2 Å². The van der Waals surface area contributed by atoms with Gasteiger partial charge in [-0.1, -0.05) is 6.07 Å². The first-order valence-electron chi connectivity index (χ1n) is 9.65. The zero-order valence-corrected chi connectivity index (χ0v) is 18.5. The van der Waals surface area contributed by atoms with Gasteiger partial charge in [-0.25, -0.2) is 8.42 Å². The van der Waals surface area contributed by atoms with Crippen LogP contribution < -0.4 is 19.5 Å². The lowest BCUT2D eigenvalue weighted by molar-refractivity contribution is -0.115. The number of benzene rings is 2. The van der Waals surface area contributed by atoms with Gasteiger partial charge in [0.25, 0.3) is 0 Å². The van der Waals surface area contributed by atoms with Crippen molar-refractivity contribution in [3.05, 3.63) is 42.0 Å². The number of sulfonamides is 1. The minimum atomic E-state index is -3.70. The van der Waals surface area contributed by atoms with Crippen molar-refractivity contribution in [3.63, 3.8) is 0 Å². The van der Waals surface area contributed by atoms with Gasteiger partial charge >= 0.3 is 0 Å². The van der Waals surface area contributed by atoms with Crippen molar-refractivity contribution >= 4 is 21.6 Å². The second-order valence-corrected chi connectivity index (χ2v) is 8.73. The van der Waals surface area contributed by atoms with Crippen LogP contribution in [0, 0.1) is 0 Å². The van der Waals surface area contributed by atoms with Gasteiger partial charge in [-0.2, -0.15) is 4.31 Å². The molecular formula is C21H26N2O7S. The predicted octanol–water partition coefficient (Wildman–Crippen LogP) is 1.91. The normalized spacial score (nSPS) is 14.7. The fourth-order valence-electron chi connectivity index (χ4n) is 3.25. The van der Waals surface area contributed by atoms with E-state index >= 15 is 0 Å². The molecule has 1 N–H and O–H groups in total. The molecule has 0 bridgehead atoms. The van der Waals surface area contributed by atoms with Crippen molar-refractivity contribution in [3.8, 4) is 17.2 Å². The number of methoxy groups -OCH3 is 3. The van der Waals surface area contributed by atoms with E-state index < -0.39 is 10.0 Å². The predicted molar refractivity (Wildman–Crippen MR) is 114 cm³/mol. The van der Waals surface area contributed by atoms with Gasteiger partial charge in [0, 0.05) is 13.1 Å². The van der Waals surface area contributed by atoms with Crippen molar-refractivity contribution < 1.29 is 32.2 Å². The molecule has 1 saturated heterocycles. The molecule has 0 spiro atoms. The lowest BCUT2D eigenvalue weighted by Gasteiger charge is -2.26. The van der Waals surface area contributed by atoms with E-state index in [2.05, 4.69) is 5.32 Å². The molecule has 10 heteroatoms. The number of hydrogen-bond acceptors (Lipinski definition) is 7. The fraction of sp³-hybridized carbons (Fsp3) is 0.381. The highest BCUT2D eigenvalue weighted by Gasteiger charge is 2.27. The number of morpholine rings is 1. The average molecular weight is 451 g/mol. The Kier molecular flexibility index (Phi) is 7.37. The maximum atomic E-state index is 12.9. The standard InChI is InChI=1S/C21H26N2O7S/c1-27-18-7-5-16(31(25,26)23-8-10-30-11-9-23)14-17(18)22-21(24)13-15-4-6-19(28-2)20(12-15)29-3/h4-7,12,14H,8-11,13H2,1-3H3,(H,22,24). The fourth-order valence-corrected chi connectivity index (χ4v) is 4.69. The van der Waals surface area contributed by atoms with Crippen LogP contribution in [0.25, 0.3) is 0 Å². The molecule has 2 aromatic rings. The third kappa shape index (κ3) is 5.27. The number of rotatable bonds is 8. The molecular weight excluding hydrogens is 424 g/mol. The molecule has 3 rings (SSSR count). The van der Waals surface area contributed by atoms with Crippen LogP contribution >= 0.6 is 0 Å². The minimum absolute atomic E-state index is 0.0595. The van der Waals surface area contributed by atoms with E-state index in [1.54, 1.807) is 18.2 Å². The minimum Gasteiger partial charge on any atom is -0.495 e. The van der Waals surface area contributed by atoms with Gasteiger partial charge < -0.3 is 24.3 Å². The summed E-state index contributed by atoms with van der Waals surface area (Å²) in [5.41, 5.74) is 0.994. The van der Waals surface area contributed by atoms with Gasteiger partial charge in [-0.3, -0.25) is 4.79 Å². The Morgan fingerprint density at radius 2 is 1.61 bits per heavy atom. The smallest absolute Gasteiger partial charge is 0.243 e. The highest BCUT2D eigenvalue weighted by atomic mass is 32.2. The van der Waals surface area contributed by atoms with Gasteiger partial charge in [0.2, 0.25) is 15.9 Å². The molecule has 1 aliphatic rings. The molecule has 0 radical (unpaired) electrons. The third-order valence-electron chi connectivity index (χ3n) is 4.87. The second kappa shape index (κ2) is 9.99. The first kappa shape index (κ1) is 22.9. The van der Waals surface area contributed by atoms with E-state index in [0.29, 0.717) is 36.0 Å². The molecule has 1 fully saturated rings. The Balaban J connectivity index is 1.80. The number of nitrogens with zero attached hydrogens (tertiary/aromatic N) is 1. The molecule has 31 heavy (non-hydrogen) atoms. The number of carbonyl (C=O) groups is 1. The molecule has 0 aliphatic carbocycles. The van der Waals surface area contributed by atoms with E-state index in [-0.39, 0.29) is 36.0 Å². The number of amides is 1. The zero-order chi connectivity index (χ0) is 22.4. The Morgan fingerprint density at radius 1 is 0.968 bits per heavy atom. The SMILES string of the molecule is COc1ccc(S(=O)(=O)N2CCOCC2)cc1NC(=O)Cc1ccc(OC)c(OC)c1. The molecule has 2 aromatic carbocycles. The van der Waals surface area contributed by atoms with Crippen LogP contribution in [0.4, 0.5) is 5.69 Å². The van der Waals surface area contributed by atoms with E-state index in [0.717, 1.165) is 0 Å². The summed E-state index contributed by atoms with van der Waals surface area (Å²) in [6.07, 6.45) is 0.0595. The monoisotopic (exact) mass is 450 g/mol. The number of hydrogen-bond donors (Lipinski definition) is 1. The summed E-state index contributed by atoms with van der Waals surface area (Å²) in [5.74, 6) is 1.12. The van der Waals surface area contributed by atoms with E-state index in [4.69, 9.17) is 18.9 Å². The summed E-state index contributed by atoms with van der Waals surface area (Å²) in [4.78, 5) is 12.7. The summed E-state index contributed by atoms with van der Waals surface area (Å²) in [5, 5.41) is 2.75. The van der Waals surface area contributed by atoms with Crippen molar-refractivity contribution in [1.29, 1.82) is 0 Å². The second-order valence-electron chi connectivity index (χ2n) is 6.79. The van der Waals surface area contributed by atoms with Gasteiger partial charge in [0.05, 0.1) is 51.5 Å². The number of nitrogens with one attached hydrogen (secondary N) is 1. The molecule has 0 unspecified atom stereocenters. The van der Waals surface area contributed by atoms with Crippen LogP contribution in [0.1, 0.15) is 5.56 Å². The first-order chi connectivity index (χ1) is 14.9. The largest absolute Gasteiger partial charge is 0.495 e. The molecule has 0 atom stereocenters. The summed E-state index contributed by atoms with van der Waals surface area (Å²) in [6.45, 7) is 1.28. The number of anilines is 1. The maximum absolute atomic E-state index is 12.9. The van der Waals surface area contributed by atoms with Crippen LogP contribution in [-0.2, 0) is 26.0 Å². The zero-order valence-electron chi connectivity index (χ0n) is 17.7. The Labute approximate surface area is 181 Å². The first-order valence-corrected chi connectivity index (χ1v) is 11.1. The van der Waals surface area contributed by atoms with Crippen LogP contribution in [0.5, 0.6) is 17.2 Å². The highest BCUT2D eigenvalue weighted by molar-refractivity contribution is 7.89. The lowest BCUT2D eigenvalue weighted by atomic mass is 10.1. The van der Waals surface area contributed by atoms with E-state index in [1.807, 2.05) is 0 Å². The molecule has 168 valence electrons. The van der Waals surface area contributed by atoms with Crippen LogP contribution in [0.2, 0.25) is 0 Å². The van der Waals surface area contributed by atoms with Gasteiger partial charge in [0.1, 0.15) is 5.75 Å². The molecule has 0 aromatic heterocycles. The summed E-state index contributed by atoms with van der Waals surface area (Å²) in [6, 6.07) is 9.60. The van der Waals surface area contributed by atoms with Gasteiger partial charge in [-0.15, -0.1) is 0 Å². The molecule has 1 aliphatic heterocycles. The number of ether oxygens (including phenoxy) is 4. The van der Waals surface area contributed by atoms with Crippen molar-refractivity contribution in [2.75, 3.05) is 52.9 Å². The molecule has 9 nitrogen and oxygen atoms in total. The average Bonchev–Trinajstić information content (AvgIpc) is 2.79. The van der Waals surface area contributed by atoms with Crippen molar-refractivity contribution in [2.45, 2.75) is 11.3 Å². The van der Waals surface area contributed by atoms with Gasteiger partial charge in [0.15, 0.2) is 11.5 Å². The highest BCUT2D eigenvalue weighted by Crippen LogP contribution is 2.30. The quantitative estimate of drug-likeness (QED) is 0.655. The topological polar surface area (TPSA) is 103 Å². The van der Waals surface area contributed by atoms with Crippen molar-refractivity contribution in [1.82, 2.24) is 4.31 Å². The van der Waals surface area contributed by atoms with E-state index in [1.165, 1.54) is 43.8 Å². The van der Waals surface area contributed by atoms with Crippen LogP contribution in [-0.4, -0.2) is 66.3 Å². The Hall–Kier alpha value is -2.82. The Bertz CT molecular complexity index is 1030. The Morgan fingerprint density at radius 3 is 2.26 bits per heavy atom. The van der Waals surface area contributed by atoms with Gasteiger partial charge in [-0.05, 0) is 35.9 Å². The number of carbonyl (C=O) groups excluding carboxylic acids is 1. The lowest BCUT2D eigenvalue weighted by Crippen LogP contribution is -2.40. The van der Waals surface area contributed by atoms with Crippen LogP contribution in [0.15, 0.2) is 41.3 Å². The van der Waals surface area contributed by atoms with Crippen LogP contribution in [0.3, 0.4) is 0 Å². The van der Waals surface area contributed by atoms with Crippen molar-refractivity contribution in [2.24, 2.45) is 0 Å². The molecule has 1 heterocycles. The summed E-state index contributed by atoms with van der Waals surface area (Å²) in [7, 11) is 0.806. The summed E-state index contributed by atoms with van der Waals surface area (Å²) < 4.78 is 48.2. The molecule has 0 saturated carbocycles. The maximum Gasteiger partial charge on any atom is 0.243 e. The summed E-state index contributed by atoms with van der Waals surface area (Å²) >= 11 is 0. The molecule has 1 amide bonds.